The molecule has 0 aliphatic carbocycles. The molecule has 108 valence electrons. The zero-order valence-electron chi connectivity index (χ0n) is 11.9. The highest BCUT2D eigenvalue weighted by atomic mass is 16.5. The Morgan fingerprint density at radius 2 is 2.20 bits per heavy atom. The van der Waals surface area contributed by atoms with Crippen LogP contribution in [0.4, 0.5) is 11.4 Å². The predicted molar refractivity (Wildman–Crippen MR) is 81.9 cm³/mol. The van der Waals surface area contributed by atoms with Gasteiger partial charge in [-0.15, -0.1) is 0 Å². The number of aryl methyl sites for hydroxylation is 1. The summed E-state index contributed by atoms with van der Waals surface area (Å²) in [4.78, 5) is 4.49. The monoisotopic (exact) mass is 275 g/mol. The highest BCUT2D eigenvalue weighted by Crippen LogP contribution is 2.25. The standard InChI is InChI=1S/C15H21N3O2/c1-10-7-15(17-6-5-12(19)9-20-2)13-8-11(16)3-4-14(13)18-10/h3-4,7-8,12,19H,5-6,9,16H2,1-2H3,(H,17,18). The van der Waals surface area contributed by atoms with Gasteiger partial charge in [-0.2, -0.15) is 0 Å². The molecule has 2 aromatic rings. The molecule has 0 amide bonds. The minimum atomic E-state index is -0.452. The summed E-state index contributed by atoms with van der Waals surface area (Å²) >= 11 is 0. The van der Waals surface area contributed by atoms with Crippen LogP contribution >= 0.6 is 0 Å². The van der Waals surface area contributed by atoms with Crippen LogP contribution in [0.2, 0.25) is 0 Å². The summed E-state index contributed by atoms with van der Waals surface area (Å²) in [7, 11) is 1.58. The maximum Gasteiger partial charge on any atom is 0.0790 e. The predicted octanol–water partition coefficient (Wildman–Crippen LogP) is 1.93. The van der Waals surface area contributed by atoms with Crippen molar-refractivity contribution in [1.82, 2.24) is 4.98 Å². The van der Waals surface area contributed by atoms with Crippen LogP contribution in [-0.2, 0) is 4.74 Å². The van der Waals surface area contributed by atoms with E-state index >= 15 is 0 Å². The zero-order chi connectivity index (χ0) is 14.5. The summed E-state index contributed by atoms with van der Waals surface area (Å²) in [5.41, 5.74) is 9.40. The van der Waals surface area contributed by atoms with Crippen molar-refractivity contribution in [3.05, 3.63) is 30.0 Å². The summed E-state index contributed by atoms with van der Waals surface area (Å²) in [6.45, 7) is 2.98. The number of benzene rings is 1. The maximum absolute atomic E-state index is 9.64. The van der Waals surface area contributed by atoms with Gasteiger partial charge in [0.25, 0.3) is 0 Å². The number of aliphatic hydroxyl groups excluding tert-OH is 1. The zero-order valence-corrected chi connectivity index (χ0v) is 11.9. The molecule has 2 rings (SSSR count). The van der Waals surface area contributed by atoms with E-state index in [4.69, 9.17) is 10.5 Å². The first-order chi connectivity index (χ1) is 9.60. The first-order valence-corrected chi connectivity index (χ1v) is 6.68. The molecule has 5 nitrogen and oxygen atoms in total. The highest BCUT2D eigenvalue weighted by molar-refractivity contribution is 5.93. The smallest absolute Gasteiger partial charge is 0.0790 e. The fourth-order valence-electron chi connectivity index (χ4n) is 2.17. The molecule has 1 unspecified atom stereocenters. The number of nitrogen functional groups attached to an aromatic ring is 1. The molecule has 0 saturated heterocycles. The maximum atomic E-state index is 9.64. The molecule has 1 heterocycles. The molecule has 1 atom stereocenters. The van der Waals surface area contributed by atoms with Crippen LogP contribution in [0, 0.1) is 6.92 Å². The number of fused-ring (bicyclic) bond motifs is 1. The number of hydrogen-bond donors (Lipinski definition) is 3. The van der Waals surface area contributed by atoms with Crippen molar-refractivity contribution in [2.24, 2.45) is 0 Å². The Bertz CT molecular complexity index is 587. The van der Waals surface area contributed by atoms with Gasteiger partial charge in [0.05, 0.1) is 18.2 Å². The number of hydrogen-bond acceptors (Lipinski definition) is 5. The van der Waals surface area contributed by atoms with Crippen LogP contribution in [-0.4, -0.2) is 36.5 Å². The fourth-order valence-corrected chi connectivity index (χ4v) is 2.17. The van der Waals surface area contributed by atoms with E-state index in [-0.39, 0.29) is 0 Å². The SMILES string of the molecule is COCC(O)CCNc1cc(C)nc2ccc(N)cc12. The van der Waals surface area contributed by atoms with Crippen LogP contribution in [0.5, 0.6) is 0 Å². The van der Waals surface area contributed by atoms with Crippen molar-refractivity contribution in [3.63, 3.8) is 0 Å². The van der Waals surface area contributed by atoms with E-state index in [1.54, 1.807) is 7.11 Å². The number of methoxy groups -OCH3 is 1. The van der Waals surface area contributed by atoms with Gasteiger partial charge < -0.3 is 20.9 Å². The molecule has 5 heteroatoms. The number of nitrogens with two attached hydrogens (primary N) is 1. The number of rotatable bonds is 6. The van der Waals surface area contributed by atoms with Gasteiger partial charge in [0.15, 0.2) is 0 Å². The second kappa shape index (κ2) is 6.54. The van der Waals surface area contributed by atoms with Gasteiger partial charge >= 0.3 is 0 Å². The number of aromatic nitrogens is 1. The van der Waals surface area contributed by atoms with E-state index in [2.05, 4.69) is 10.3 Å². The van der Waals surface area contributed by atoms with Gasteiger partial charge in [-0.1, -0.05) is 0 Å². The van der Waals surface area contributed by atoms with Gasteiger partial charge in [-0.3, -0.25) is 4.98 Å². The minimum Gasteiger partial charge on any atom is -0.399 e. The molecular formula is C15H21N3O2. The van der Waals surface area contributed by atoms with Crippen LogP contribution in [0.25, 0.3) is 10.9 Å². The Hall–Kier alpha value is -1.85. The second-order valence-electron chi connectivity index (χ2n) is 4.91. The molecule has 1 aromatic carbocycles. The molecule has 20 heavy (non-hydrogen) atoms. The average Bonchev–Trinajstić information content (AvgIpc) is 2.39. The van der Waals surface area contributed by atoms with E-state index in [0.717, 1.165) is 22.3 Å². The third kappa shape index (κ3) is 3.59. The van der Waals surface area contributed by atoms with Crippen molar-refractivity contribution < 1.29 is 9.84 Å². The molecule has 4 N–H and O–H groups in total. The van der Waals surface area contributed by atoms with Crippen LogP contribution in [0.1, 0.15) is 12.1 Å². The minimum absolute atomic E-state index is 0.352. The number of ether oxygens (including phenoxy) is 1. The van der Waals surface area contributed by atoms with E-state index in [9.17, 15) is 5.11 Å². The molecule has 0 fully saturated rings. The summed E-state index contributed by atoms with van der Waals surface area (Å²) in [5, 5.41) is 14.0. The van der Waals surface area contributed by atoms with Crippen LogP contribution in [0.3, 0.4) is 0 Å². The van der Waals surface area contributed by atoms with Crippen LogP contribution < -0.4 is 11.1 Å². The van der Waals surface area contributed by atoms with Gasteiger partial charge in [0.1, 0.15) is 0 Å². The van der Waals surface area contributed by atoms with Gasteiger partial charge in [0, 0.05) is 36.1 Å². The molecule has 0 spiro atoms. The largest absolute Gasteiger partial charge is 0.399 e. The summed E-state index contributed by atoms with van der Waals surface area (Å²) in [5.74, 6) is 0. The van der Waals surface area contributed by atoms with Crippen molar-refractivity contribution in [2.45, 2.75) is 19.4 Å². The lowest BCUT2D eigenvalue weighted by Crippen LogP contribution is -2.18. The van der Waals surface area contributed by atoms with E-state index < -0.39 is 6.10 Å². The summed E-state index contributed by atoms with van der Waals surface area (Å²) in [6, 6.07) is 7.67. The molecular weight excluding hydrogens is 254 g/mol. The Labute approximate surface area is 118 Å². The Morgan fingerprint density at radius 1 is 1.40 bits per heavy atom. The first-order valence-electron chi connectivity index (χ1n) is 6.68. The Morgan fingerprint density at radius 3 is 2.95 bits per heavy atom. The third-order valence-corrected chi connectivity index (χ3v) is 3.11. The van der Waals surface area contributed by atoms with Crippen molar-refractivity contribution in [3.8, 4) is 0 Å². The van der Waals surface area contributed by atoms with Crippen molar-refractivity contribution >= 4 is 22.3 Å². The average molecular weight is 275 g/mol. The Balaban J connectivity index is 2.14. The molecule has 0 aliphatic heterocycles. The summed E-state index contributed by atoms with van der Waals surface area (Å²) in [6.07, 6.45) is 0.172. The van der Waals surface area contributed by atoms with E-state index in [1.165, 1.54) is 0 Å². The number of aliphatic hydroxyl groups is 1. The van der Waals surface area contributed by atoms with Gasteiger partial charge in [-0.25, -0.2) is 0 Å². The molecule has 0 saturated carbocycles. The normalized spacial score (nSPS) is 12.6. The van der Waals surface area contributed by atoms with Crippen LogP contribution in [0.15, 0.2) is 24.3 Å². The number of nitrogens with one attached hydrogen (secondary N) is 1. The second-order valence-corrected chi connectivity index (χ2v) is 4.91. The fraction of sp³-hybridized carbons (Fsp3) is 0.400. The van der Waals surface area contributed by atoms with Crippen molar-refractivity contribution in [2.75, 3.05) is 31.3 Å². The third-order valence-electron chi connectivity index (χ3n) is 3.11. The highest BCUT2D eigenvalue weighted by Gasteiger charge is 2.06. The number of nitrogens with zero attached hydrogens (tertiary/aromatic N) is 1. The van der Waals surface area contributed by atoms with Gasteiger partial charge in [-0.05, 0) is 37.6 Å². The molecule has 0 aliphatic rings. The quantitative estimate of drug-likeness (QED) is 0.702. The lowest BCUT2D eigenvalue weighted by molar-refractivity contribution is 0.0615. The molecule has 0 bridgehead atoms. The van der Waals surface area contributed by atoms with Gasteiger partial charge in [0.2, 0.25) is 0 Å². The van der Waals surface area contributed by atoms with E-state index in [0.29, 0.717) is 25.3 Å². The Kier molecular flexibility index (Phi) is 4.76. The number of anilines is 2. The molecule has 1 aromatic heterocycles. The lowest BCUT2D eigenvalue weighted by Gasteiger charge is -2.13. The topological polar surface area (TPSA) is 80.4 Å². The first kappa shape index (κ1) is 14.6. The number of pyridine rings is 1. The summed E-state index contributed by atoms with van der Waals surface area (Å²) < 4.78 is 4.91. The van der Waals surface area contributed by atoms with E-state index in [1.807, 2.05) is 31.2 Å². The lowest BCUT2D eigenvalue weighted by atomic mass is 10.1. The van der Waals surface area contributed by atoms with Crippen molar-refractivity contribution in [1.29, 1.82) is 0 Å². The molecule has 0 radical (unpaired) electrons.